The monoisotopic (exact) mass is 281 g/mol. The van der Waals surface area contributed by atoms with Gasteiger partial charge in [-0.05, 0) is 25.8 Å². The van der Waals surface area contributed by atoms with Gasteiger partial charge in [0, 0.05) is 12.0 Å². The van der Waals surface area contributed by atoms with E-state index >= 15 is 0 Å². The quantitative estimate of drug-likeness (QED) is 0.910. The number of nitrogen functional groups attached to an aromatic ring is 1. The van der Waals surface area contributed by atoms with E-state index in [2.05, 4.69) is 17.1 Å². The lowest BCUT2D eigenvalue weighted by molar-refractivity contribution is -0.0106. The zero-order chi connectivity index (χ0) is 14.0. The van der Waals surface area contributed by atoms with Crippen molar-refractivity contribution in [2.75, 3.05) is 12.8 Å². The Hall–Kier alpha value is -1.40. The van der Waals surface area contributed by atoms with E-state index in [0.29, 0.717) is 16.7 Å². The minimum atomic E-state index is -0.528. The molecule has 0 saturated heterocycles. The Kier molecular flexibility index (Phi) is 3.91. The number of anilines is 1. The van der Waals surface area contributed by atoms with Gasteiger partial charge in [-0.3, -0.25) is 0 Å². The van der Waals surface area contributed by atoms with E-state index in [-0.39, 0.29) is 0 Å². The van der Waals surface area contributed by atoms with Crippen LogP contribution in [0.1, 0.15) is 37.9 Å². The van der Waals surface area contributed by atoms with Crippen molar-refractivity contribution in [1.29, 1.82) is 0 Å². The van der Waals surface area contributed by atoms with E-state index < -0.39 is 5.60 Å². The Morgan fingerprint density at radius 3 is 2.74 bits per heavy atom. The highest BCUT2D eigenvalue weighted by atomic mass is 32.1. The van der Waals surface area contributed by atoms with Crippen LogP contribution < -0.4 is 5.73 Å². The first-order valence-electron chi connectivity index (χ1n) is 6.32. The van der Waals surface area contributed by atoms with Crippen molar-refractivity contribution in [2.24, 2.45) is 0 Å². The molecular formula is C13H19N3O2S. The van der Waals surface area contributed by atoms with E-state index in [1.165, 1.54) is 4.88 Å². The van der Waals surface area contributed by atoms with Gasteiger partial charge in [0.25, 0.3) is 5.89 Å². The van der Waals surface area contributed by atoms with Gasteiger partial charge in [0.15, 0.2) is 0 Å². The Bertz CT molecular complexity index is 558. The predicted molar refractivity (Wildman–Crippen MR) is 76.1 cm³/mol. The maximum absolute atomic E-state index is 5.99. The molecule has 0 aliphatic heterocycles. The lowest BCUT2D eigenvalue weighted by Crippen LogP contribution is -2.24. The highest BCUT2D eigenvalue weighted by molar-refractivity contribution is 7.16. The van der Waals surface area contributed by atoms with Crippen LogP contribution in [0.5, 0.6) is 0 Å². The van der Waals surface area contributed by atoms with Crippen molar-refractivity contribution in [3.8, 4) is 11.5 Å². The fourth-order valence-corrected chi connectivity index (χ4v) is 2.60. The second-order valence-electron chi connectivity index (χ2n) is 4.56. The molecule has 2 heterocycles. The number of aryl methyl sites for hydroxylation is 1. The van der Waals surface area contributed by atoms with E-state index in [1.807, 2.05) is 19.9 Å². The summed E-state index contributed by atoms with van der Waals surface area (Å²) in [6, 6.07) is 2.01. The standard InChI is InChI=1S/C13H19N3O2S/c1-5-8-7-9(10(14)19-8)11-15-12(16-18-11)13(3,6-2)17-4/h7H,5-6,14H2,1-4H3. The molecule has 5 nitrogen and oxygen atoms in total. The normalized spacial score (nSPS) is 14.5. The molecular weight excluding hydrogens is 262 g/mol. The van der Waals surface area contributed by atoms with Crippen LogP contribution in [0.25, 0.3) is 11.5 Å². The fourth-order valence-electron chi connectivity index (χ4n) is 1.74. The van der Waals surface area contributed by atoms with Gasteiger partial charge >= 0.3 is 0 Å². The molecule has 0 aliphatic carbocycles. The molecule has 0 saturated carbocycles. The Labute approximate surface area is 116 Å². The average molecular weight is 281 g/mol. The van der Waals surface area contributed by atoms with Crippen LogP contribution in [0, 0.1) is 0 Å². The molecule has 0 bridgehead atoms. The van der Waals surface area contributed by atoms with Crippen LogP contribution >= 0.6 is 11.3 Å². The minimum Gasteiger partial charge on any atom is -0.390 e. The second-order valence-corrected chi connectivity index (χ2v) is 5.72. The number of nitrogens with zero attached hydrogens (tertiary/aromatic N) is 2. The SMILES string of the molecule is CCc1cc(-c2nc(C(C)(CC)OC)no2)c(N)s1. The van der Waals surface area contributed by atoms with Crippen molar-refractivity contribution in [3.05, 3.63) is 16.8 Å². The van der Waals surface area contributed by atoms with Gasteiger partial charge in [-0.1, -0.05) is 19.0 Å². The van der Waals surface area contributed by atoms with Gasteiger partial charge in [0.1, 0.15) is 5.60 Å². The molecule has 0 spiro atoms. The van der Waals surface area contributed by atoms with Crippen LogP contribution in [0.3, 0.4) is 0 Å². The molecule has 0 radical (unpaired) electrons. The van der Waals surface area contributed by atoms with Crippen LogP contribution in [-0.2, 0) is 16.8 Å². The summed E-state index contributed by atoms with van der Waals surface area (Å²) >= 11 is 1.56. The third-order valence-corrected chi connectivity index (χ3v) is 4.52. The number of ether oxygens (including phenoxy) is 1. The summed E-state index contributed by atoms with van der Waals surface area (Å²) in [6.45, 7) is 6.05. The van der Waals surface area contributed by atoms with Gasteiger partial charge < -0.3 is 15.0 Å². The average Bonchev–Trinajstić information content (AvgIpc) is 3.04. The molecule has 2 N–H and O–H groups in total. The molecule has 0 amide bonds. The smallest absolute Gasteiger partial charge is 0.261 e. The third-order valence-electron chi connectivity index (χ3n) is 3.41. The molecule has 1 unspecified atom stereocenters. The van der Waals surface area contributed by atoms with E-state index in [1.54, 1.807) is 18.4 Å². The van der Waals surface area contributed by atoms with E-state index in [9.17, 15) is 0 Å². The molecule has 2 aromatic heterocycles. The molecule has 19 heavy (non-hydrogen) atoms. The Morgan fingerprint density at radius 2 is 2.21 bits per heavy atom. The number of rotatable bonds is 5. The fraction of sp³-hybridized carbons (Fsp3) is 0.538. The summed E-state index contributed by atoms with van der Waals surface area (Å²) in [7, 11) is 1.65. The number of thiophene rings is 1. The lowest BCUT2D eigenvalue weighted by Gasteiger charge is -2.21. The summed E-state index contributed by atoms with van der Waals surface area (Å²) in [5.74, 6) is 1.01. The number of hydrogen-bond acceptors (Lipinski definition) is 6. The molecule has 2 rings (SSSR count). The van der Waals surface area contributed by atoms with Crippen LogP contribution in [-0.4, -0.2) is 17.3 Å². The number of aromatic nitrogens is 2. The van der Waals surface area contributed by atoms with Gasteiger partial charge in [-0.15, -0.1) is 11.3 Å². The van der Waals surface area contributed by atoms with Gasteiger partial charge in [0.05, 0.1) is 10.6 Å². The van der Waals surface area contributed by atoms with E-state index in [0.717, 1.165) is 18.4 Å². The van der Waals surface area contributed by atoms with E-state index in [4.69, 9.17) is 15.0 Å². The van der Waals surface area contributed by atoms with Crippen molar-refractivity contribution < 1.29 is 9.26 Å². The first kappa shape index (κ1) is 14.0. The van der Waals surface area contributed by atoms with Crippen LogP contribution in [0.4, 0.5) is 5.00 Å². The number of methoxy groups -OCH3 is 1. The molecule has 104 valence electrons. The molecule has 6 heteroatoms. The number of nitrogens with two attached hydrogens (primary N) is 1. The van der Waals surface area contributed by atoms with Crippen molar-refractivity contribution >= 4 is 16.3 Å². The second kappa shape index (κ2) is 5.30. The maximum Gasteiger partial charge on any atom is 0.261 e. The zero-order valence-corrected chi connectivity index (χ0v) is 12.5. The molecule has 1 atom stereocenters. The van der Waals surface area contributed by atoms with Gasteiger partial charge in [-0.25, -0.2) is 0 Å². The topological polar surface area (TPSA) is 74.2 Å². The van der Waals surface area contributed by atoms with Crippen molar-refractivity contribution in [1.82, 2.24) is 10.1 Å². The summed E-state index contributed by atoms with van der Waals surface area (Å²) in [4.78, 5) is 5.63. The van der Waals surface area contributed by atoms with Crippen molar-refractivity contribution in [2.45, 2.75) is 39.2 Å². The molecule has 0 aromatic carbocycles. The zero-order valence-electron chi connectivity index (χ0n) is 11.7. The summed E-state index contributed by atoms with van der Waals surface area (Å²) in [6.07, 6.45) is 1.71. The van der Waals surface area contributed by atoms with Gasteiger partial charge in [0.2, 0.25) is 5.82 Å². The highest BCUT2D eigenvalue weighted by Crippen LogP contribution is 2.35. The lowest BCUT2D eigenvalue weighted by atomic mass is 10.0. The Balaban J connectivity index is 2.37. The Morgan fingerprint density at radius 1 is 1.47 bits per heavy atom. The minimum absolute atomic E-state index is 0.458. The van der Waals surface area contributed by atoms with Crippen LogP contribution in [0.15, 0.2) is 10.6 Å². The van der Waals surface area contributed by atoms with Crippen LogP contribution in [0.2, 0.25) is 0 Å². The molecule has 2 aromatic rings. The summed E-state index contributed by atoms with van der Waals surface area (Å²) in [5, 5.41) is 4.73. The summed E-state index contributed by atoms with van der Waals surface area (Å²) < 4.78 is 10.8. The molecule has 0 fully saturated rings. The predicted octanol–water partition coefficient (Wildman–Crippen LogP) is 3.21. The van der Waals surface area contributed by atoms with Gasteiger partial charge in [-0.2, -0.15) is 4.98 Å². The third kappa shape index (κ3) is 2.50. The highest BCUT2D eigenvalue weighted by Gasteiger charge is 2.30. The number of hydrogen-bond donors (Lipinski definition) is 1. The largest absolute Gasteiger partial charge is 0.390 e. The first-order chi connectivity index (χ1) is 9.04. The maximum atomic E-state index is 5.99. The van der Waals surface area contributed by atoms with Crippen molar-refractivity contribution in [3.63, 3.8) is 0 Å². The molecule has 0 aliphatic rings. The first-order valence-corrected chi connectivity index (χ1v) is 7.13. The summed E-state index contributed by atoms with van der Waals surface area (Å²) in [5.41, 5.74) is 6.28.